The molecular weight excluding hydrogens is 354 g/mol. The zero-order valence-corrected chi connectivity index (χ0v) is 15.0. The molecule has 0 aliphatic carbocycles. The number of carbonyl (C=O) groups is 1. The normalized spacial score (nSPS) is 10.5. The monoisotopic (exact) mass is 371 g/mol. The van der Waals surface area contributed by atoms with Gasteiger partial charge in [0, 0.05) is 30.0 Å². The lowest BCUT2D eigenvalue weighted by Gasteiger charge is -2.04. The molecular formula is C19H18ClN3O3. The summed E-state index contributed by atoms with van der Waals surface area (Å²) >= 11 is 5.84. The maximum atomic E-state index is 12.0. The van der Waals surface area contributed by atoms with E-state index in [1.807, 2.05) is 36.4 Å². The van der Waals surface area contributed by atoms with Gasteiger partial charge in [0.05, 0.1) is 7.11 Å². The van der Waals surface area contributed by atoms with E-state index >= 15 is 0 Å². The van der Waals surface area contributed by atoms with Crippen molar-refractivity contribution in [3.05, 3.63) is 65.0 Å². The fourth-order valence-corrected chi connectivity index (χ4v) is 2.44. The number of carbonyl (C=O) groups excluding carboxylic acids is 1. The minimum atomic E-state index is -0.0795. The van der Waals surface area contributed by atoms with E-state index in [1.165, 1.54) is 0 Å². The van der Waals surface area contributed by atoms with Gasteiger partial charge in [-0.05, 0) is 42.0 Å². The summed E-state index contributed by atoms with van der Waals surface area (Å²) in [7, 11) is 1.61. The van der Waals surface area contributed by atoms with Crippen LogP contribution < -0.4 is 10.1 Å². The summed E-state index contributed by atoms with van der Waals surface area (Å²) in [6.45, 7) is 0.455. The Bertz CT molecular complexity index is 860. The highest BCUT2D eigenvalue weighted by Gasteiger charge is 2.10. The van der Waals surface area contributed by atoms with Crippen LogP contribution in [0.25, 0.3) is 11.5 Å². The van der Waals surface area contributed by atoms with Crippen LogP contribution in [-0.2, 0) is 17.8 Å². The molecule has 134 valence electrons. The number of methoxy groups -OCH3 is 1. The van der Waals surface area contributed by atoms with E-state index < -0.39 is 0 Å². The van der Waals surface area contributed by atoms with Crippen molar-refractivity contribution in [1.29, 1.82) is 0 Å². The second-order valence-corrected chi connectivity index (χ2v) is 6.07. The highest BCUT2D eigenvalue weighted by molar-refractivity contribution is 6.30. The Balaban J connectivity index is 1.49. The molecule has 1 amide bonds. The Kier molecular flexibility index (Phi) is 5.86. The molecule has 6 nitrogen and oxygen atoms in total. The lowest BCUT2D eigenvalue weighted by atomic mass is 10.2. The Morgan fingerprint density at radius 1 is 1.12 bits per heavy atom. The van der Waals surface area contributed by atoms with Crippen LogP contribution in [0.3, 0.4) is 0 Å². The summed E-state index contributed by atoms with van der Waals surface area (Å²) in [4.78, 5) is 12.0. The molecule has 0 atom stereocenters. The van der Waals surface area contributed by atoms with Gasteiger partial charge in [-0.15, -0.1) is 10.2 Å². The SMILES string of the molecule is COc1ccc(-c2nnc(CCC(=O)NCc3ccc(Cl)cc3)o2)cc1. The number of hydrogen-bond donors (Lipinski definition) is 1. The van der Waals surface area contributed by atoms with E-state index in [-0.39, 0.29) is 12.3 Å². The molecule has 0 spiro atoms. The van der Waals surface area contributed by atoms with Crippen molar-refractivity contribution in [3.63, 3.8) is 0 Å². The first-order valence-corrected chi connectivity index (χ1v) is 8.50. The van der Waals surface area contributed by atoms with Crippen LogP contribution in [0.15, 0.2) is 52.9 Å². The van der Waals surface area contributed by atoms with E-state index in [0.29, 0.717) is 29.8 Å². The summed E-state index contributed by atoms with van der Waals surface area (Å²) in [5.41, 5.74) is 1.79. The van der Waals surface area contributed by atoms with Gasteiger partial charge in [-0.25, -0.2) is 0 Å². The maximum absolute atomic E-state index is 12.0. The summed E-state index contributed by atoms with van der Waals surface area (Å²) in [5, 5.41) is 11.5. The average molecular weight is 372 g/mol. The molecule has 0 saturated carbocycles. The van der Waals surface area contributed by atoms with Crippen LogP contribution in [0, 0.1) is 0 Å². The number of nitrogens with one attached hydrogen (secondary N) is 1. The van der Waals surface area contributed by atoms with Gasteiger partial charge < -0.3 is 14.5 Å². The van der Waals surface area contributed by atoms with E-state index in [0.717, 1.165) is 16.9 Å². The first kappa shape index (κ1) is 17.9. The van der Waals surface area contributed by atoms with Crippen LogP contribution in [0.4, 0.5) is 0 Å². The van der Waals surface area contributed by atoms with E-state index in [9.17, 15) is 4.79 Å². The molecule has 0 fully saturated rings. The summed E-state index contributed by atoms with van der Waals surface area (Å²) in [6.07, 6.45) is 0.660. The quantitative estimate of drug-likeness (QED) is 0.686. The summed E-state index contributed by atoms with van der Waals surface area (Å²) < 4.78 is 10.7. The number of halogens is 1. The van der Waals surface area contributed by atoms with Crippen molar-refractivity contribution in [2.75, 3.05) is 7.11 Å². The molecule has 0 aliphatic rings. The lowest BCUT2D eigenvalue weighted by molar-refractivity contribution is -0.121. The van der Waals surface area contributed by atoms with E-state index in [2.05, 4.69) is 15.5 Å². The molecule has 0 saturated heterocycles. The summed E-state index contributed by atoms with van der Waals surface area (Å²) in [6, 6.07) is 14.7. The molecule has 0 aliphatic heterocycles. The first-order valence-electron chi connectivity index (χ1n) is 8.12. The molecule has 7 heteroatoms. The van der Waals surface area contributed by atoms with Gasteiger partial charge in [0.2, 0.25) is 17.7 Å². The number of rotatable bonds is 7. The molecule has 1 heterocycles. The van der Waals surface area contributed by atoms with Crippen molar-refractivity contribution >= 4 is 17.5 Å². The number of nitrogens with zero attached hydrogens (tertiary/aromatic N) is 2. The van der Waals surface area contributed by atoms with Crippen LogP contribution >= 0.6 is 11.6 Å². The lowest BCUT2D eigenvalue weighted by Crippen LogP contribution is -2.23. The topological polar surface area (TPSA) is 77.2 Å². The fourth-order valence-electron chi connectivity index (χ4n) is 2.32. The number of ether oxygens (including phenoxy) is 1. The number of hydrogen-bond acceptors (Lipinski definition) is 5. The Morgan fingerprint density at radius 2 is 1.85 bits per heavy atom. The van der Waals surface area contributed by atoms with Crippen LogP contribution in [-0.4, -0.2) is 23.2 Å². The molecule has 3 rings (SSSR count). The van der Waals surface area contributed by atoms with Gasteiger partial charge in [-0.2, -0.15) is 0 Å². The molecule has 0 unspecified atom stereocenters. The standard InChI is InChI=1S/C19H18ClN3O3/c1-25-16-8-4-14(5-9-16)19-23-22-18(26-19)11-10-17(24)21-12-13-2-6-15(20)7-3-13/h2-9H,10-12H2,1H3,(H,21,24). The Morgan fingerprint density at radius 3 is 2.54 bits per heavy atom. The third-order valence-electron chi connectivity index (χ3n) is 3.77. The number of amides is 1. The average Bonchev–Trinajstić information content (AvgIpc) is 3.15. The first-order chi connectivity index (χ1) is 12.6. The molecule has 3 aromatic rings. The molecule has 1 aromatic heterocycles. The Hall–Kier alpha value is -2.86. The van der Waals surface area contributed by atoms with Gasteiger partial charge in [-0.3, -0.25) is 4.79 Å². The largest absolute Gasteiger partial charge is 0.497 e. The highest BCUT2D eigenvalue weighted by atomic mass is 35.5. The number of aromatic nitrogens is 2. The molecule has 26 heavy (non-hydrogen) atoms. The van der Waals surface area contributed by atoms with Gasteiger partial charge >= 0.3 is 0 Å². The second-order valence-electron chi connectivity index (χ2n) is 5.63. The van der Waals surface area contributed by atoms with Crippen LogP contribution in [0.5, 0.6) is 5.75 Å². The van der Waals surface area contributed by atoms with Crippen molar-refractivity contribution in [2.24, 2.45) is 0 Å². The zero-order valence-electron chi connectivity index (χ0n) is 14.2. The van der Waals surface area contributed by atoms with Crippen molar-refractivity contribution in [2.45, 2.75) is 19.4 Å². The van der Waals surface area contributed by atoms with Crippen LogP contribution in [0.1, 0.15) is 17.9 Å². The molecule has 1 N–H and O–H groups in total. The van der Waals surface area contributed by atoms with Gasteiger partial charge in [-0.1, -0.05) is 23.7 Å². The fraction of sp³-hybridized carbons (Fsp3) is 0.211. The zero-order chi connectivity index (χ0) is 18.4. The van der Waals surface area contributed by atoms with E-state index in [1.54, 1.807) is 19.2 Å². The predicted octanol–water partition coefficient (Wildman–Crippen LogP) is 3.65. The smallest absolute Gasteiger partial charge is 0.247 e. The third-order valence-corrected chi connectivity index (χ3v) is 4.02. The Labute approximate surface area is 156 Å². The van der Waals surface area contributed by atoms with Gasteiger partial charge in [0.25, 0.3) is 0 Å². The minimum absolute atomic E-state index is 0.0795. The second kappa shape index (κ2) is 8.49. The predicted molar refractivity (Wildman–Crippen MR) is 97.9 cm³/mol. The van der Waals surface area contributed by atoms with Crippen molar-refractivity contribution in [1.82, 2.24) is 15.5 Å². The van der Waals surface area contributed by atoms with Crippen molar-refractivity contribution < 1.29 is 13.9 Å². The number of aryl methyl sites for hydroxylation is 1. The maximum Gasteiger partial charge on any atom is 0.247 e. The van der Waals surface area contributed by atoms with Gasteiger partial charge in [0.15, 0.2) is 0 Å². The third kappa shape index (κ3) is 4.83. The summed E-state index contributed by atoms with van der Waals surface area (Å²) in [5.74, 6) is 1.52. The molecule has 2 aromatic carbocycles. The number of benzene rings is 2. The minimum Gasteiger partial charge on any atom is -0.497 e. The van der Waals surface area contributed by atoms with Gasteiger partial charge in [0.1, 0.15) is 5.75 Å². The van der Waals surface area contributed by atoms with Crippen molar-refractivity contribution in [3.8, 4) is 17.2 Å². The van der Waals surface area contributed by atoms with Crippen LogP contribution in [0.2, 0.25) is 5.02 Å². The molecule has 0 bridgehead atoms. The van der Waals surface area contributed by atoms with E-state index in [4.69, 9.17) is 20.8 Å². The highest BCUT2D eigenvalue weighted by Crippen LogP contribution is 2.21. The molecule has 0 radical (unpaired) electrons.